The van der Waals surface area contributed by atoms with Crippen LogP contribution < -0.4 is 4.90 Å². The fraction of sp³-hybridized carbons (Fsp3) is 0.500. The van der Waals surface area contributed by atoms with E-state index in [1.807, 2.05) is 31.2 Å². The fourth-order valence-corrected chi connectivity index (χ4v) is 2.29. The van der Waals surface area contributed by atoms with Crippen molar-refractivity contribution in [3.05, 3.63) is 29.8 Å². The molecule has 102 valence electrons. The van der Waals surface area contributed by atoms with Crippen LogP contribution in [0.3, 0.4) is 0 Å². The second-order valence-corrected chi connectivity index (χ2v) is 5.59. The number of carbonyl (C=O) groups excluding carboxylic acids is 2. The van der Waals surface area contributed by atoms with Crippen LogP contribution in [0.15, 0.2) is 24.3 Å². The molecule has 1 aliphatic rings. The first kappa shape index (κ1) is 13.8. The molecule has 0 bridgehead atoms. The van der Waals surface area contributed by atoms with E-state index in [2.05, 4.69) is 13.8 Å². The molecule has 1 heterocycles. The lowest BCUT2D eigenvalue weighted by atomic mass is 9.90. The molecule has 1 atom stereocenters. The summed E-state index contributed by atoms with van der Waals surface area (Å²) >= 11 is 0. The van der Waals surface area contributed by atoms with Crippen LogP contribution in [0.1, 0.15) is 44.0 Å². The first-order valence-electron chi connectivity index (χ1n) is 6.95. The number of anilines is 1. The van der Waals surface area contributed by atoms with Gasteiger partial charge in [-0.15, -0.1) is 0 Å². The number of rotatable bonds is 4. The summed E-state index contributed by atoms with van der Waals surface area (Å²) in [6, 6.07) is 7.43. The van der Waals surface area contributed by atoms with E-state index < -0.39 is 0 Å². The topological polar surface area (TPSA) is 37.4 Å². The molecule has 0 aliphatic carbocycles. The van der Waals surface area contributed by atoms with Gasteiger partial charge >= 0.3 is 0 Å². The second-order valence-electron chi connectivity index (χ2n) is 5.59. The van der Waals surface area contributed by atoms with Crippen molar-refractivity contribution in [3.63, 3.8) is 0 Å². The quantitative estimate of drug-likeness (QED) is 0.778. The molecule has 1 saturated heterocycles. The van der Waals surface area contributed by atoms with Gasteiger partial charge in [-0.1, -0.05) is 20.8 Å². The van der Waals surface area contributed by atoms with Gasteiger partial charge in [0.25, 0.3) is 0 Å². The molecule has 0 saturated carbocycles. The van der Waals surface area contributed by atoms with Gasteiger partial charge in [-0.25, -0.2) is 0 Å². The van der Waals surface area contributed by atoms with Crippen molar-refractivity contribution in [1.29, 1.82) is 0 Å². The zero-order valence-electron chi connectivity index (χ0n) is 11.8. The van der Waals surface area contributed by atoms with Crippen LogP contribution in [0.5, 0.6) is 0 Å². The first-order chi connectivity index (χ1) is 9.00. The van der Waals surface area contributed by atoms with Crippen molar-refractivity contribution >= 4 is 17.4 Å². The van der Waals surface area contributed by atoms with Crippen molar-refractivity contribution < 1.29 is 9.59 Å². The maximum absolute atomic E-state index is 12.2. The minimum absolute atomic E-state index is 0.0271. The molecule has 3 heteroatoms. The third-order valence-electron chi connectivity index (χ3n) is 3.95. The van der Waals surface area contributed by atoms with E-state index >= 15 is 0 Å². The lowest BCUT2D eigenvalue weighted by Crippen LogP contribution is -2.23. The Kier molecular flexibility index (Phi) is 4.03. The summed E-state index contributed by atoms with van der Waals surface area (Å²) in [7, 11) is 0. The molecule has 1 amide bonds. The van der Waals surface area contributed by atoms with E-state index in [0.717, 1.165) is 24.2 Å². The van der Waals surface area contributed by atoms with Gasteiger partial charge in [0.15, 0.2) is 5.78 Å². The molecule has 1 unspecified atom stereocenters. The number of ketones is 1. The highest BCUT2D eigenvalue weighted by atomic mass is 16.2. The molecule has 1 fully saturated rings. The molecule has 0 spiro atoms. The van der Waals surface area contributed by atoms with Crippen LogP contribution in [-0.2, 0) is 4.79 Å². The first-order valence-corrected chi connectivity index (χ1v) is 6.95. The van der Waals surface area contributed by atoms with Crippen molar-refractivity contribution in [1.82, 2.24) is 0 Å². The van der Waals surface area contributed by atoms with Crippen LogP contribution in [0.25, 0.3) is 0 Å². The Balaban J connectivity index is 2.14. The van der Waals surface area contributed by atoms with Crippen molar-refractivity contribution in [3.8, 4) is 0 Å². The molecule has 19 heavy (non-hydrogen) atoms. The summed E-state index contributed by atoms with van der Waals surface area (Å²) in [6.45, 7) is 6.86. The maximum atomic E-state index is 12.2. The average Bonchev–Trinajstić information content (AvgIpc) is 2.83. The minimum atomic E-state index is 0.0271. The highest BCUT2D eigenvalue weighted by Gasteiger charge is 2.22. The van der Waals surface area contributed by atoms with Gasteiger partial charge in [0.1, 0.15) is 0 Å². The number of nitrogens with zero attached hydrogens (tertiary/aromatic N) is 1. The molecular formula is C16H21NO2. The fourth-order valence-electron chi connectivity index (χ4n) is 2.29. The van der Waals surface area contributed by atoms with Crippen molar-refractivity contribution in [2.75, 3.05) is 11.4 Å². The molecule has 1 aromatic rings. The highest BCUT2D eigenvalue weighted by molar-refractivity contribution is 5.99. The summed E-state index contributed by atoms with van der Waals surface area (Å²) in [5, 5.41) is 0. The lowest BCUT2D eigenvalue weighted by molar-refractivity contribution is -0.117. The predicted octanol–water partition coefficient (Wildman–Crippen LogP) is 3.29. The Morgan fingerprint density at radius 1 is 1.16 bits per heavy atom. The van der Waals surface area contributed by atoms with Gasteiger partial charge in [-0.05, 0) is 36.6 Å². The van der Waals surface area contributed by atoms with E-state index in [1.165, 1.54) is 0 Å². The molecule has 3 nitrogen and oxygen atoms in total. The minimum Gasteiger partial charge on any atom is -0.312 e. The Hall–Kier alpha value is -1.64. The van der Waals surface area contributed by atoms with Gasteiger partial charge in [-0.2, -0.15) is 0 Å². The third kappa shape index (κ3) is 2.86. The van der Waals surface area contributed by atoms with Crippen LogP contribution in [0.2, 0.25) is 0 Å². The van der Waals surface area contributed by atoms with Crippen LogP contribution in [0, 0.1) is 11.8 Å². The number of Topliss-reactive ketones (excluding diaryl/α,β-unsaturated/α-hetero) is 1. The van der Waals surface area contributed by atoms with Gasteiger partial charge in [0, 0.05) is 30.1 Å². The molecule has 1 aromatic carbocycles. The molecule has 1 aliphatic heterocycles. The third-order valence-corrected chi connectivity index (χ3v) is 3.95. The van der Waals surface area contributed by atoms with E-state index in [1.54, 1.807) is 4.90 Å². The van der Waals surface area contributed by atoms with Crippen molar-refractivity contribution in [2.45, 2.75) is 33.6 Å². The number of amides is 1. The largest absolute Gasteiger partial charge is 0.312 e. The number of benzene rings is 1. The van der Waals surface area contributed by atoms with E-state index in [9.17, 15) is 9.59 Å². The average molecular weight is 259 g/mol. The molecule has 0 N–H and O–H groups in total. The normalized spacial score (nSPS) is 17.1. The Morgan fingerprint density at radius 3 is 2.26 bits per heavy atom. The Labute approximate surface area is 114 Å². The Bertz CT molecular complexity index is 476. The van der Waals surface area contributed by atoms with Crippen LogP contribution >= 0.6 is 0 Å². The number of carbonyl (C=O) groups is 2. The van der Waals surface area contributed by atoms with E-state index in [4.69, 9.17) is 0 Å². The predicted molar refractivity (Wildman–Crippen MR) is 76.4 cm³/mol. The summed E-state index contributed by atoms with van der Waals surface area (Å²) in [4.78, 5) is 25.6. The molecule has 0 radical (unpaired) electrons. The number of hydrogen-bond donors (Lipinski definition) is 0. The standard InChI is InChI=1S/C16H21NO2/c1-11(2)12(3)16(19)13-6-8-14(9-7-13)17-10-4-5-15(17)18/h6-9,11-12H,4-5,10H2,1-3H3. The highest BCUT2D eigenvalue weighted by Crippen LogP contribution is 2.23. The van der Waals surface area contributed by atoms with Crippen LogP contribution in [0.4, 0.5) is 5.69 Å². The van der Waals surface area contributed by atoms with Gasteiger partial charge in [-0.3, -0.25) is 9.59 Å². The van der Waals surface area contributed by atoms with E-state index in [0.29, 0.717) is 12.3 Å². The van der Waals surface area contributed by atoms with Gasteiger partial charge in [0.2, 0.25) is 5.91 Å². The zero-order chi connectivity index (χ0) is 14.0. The lowest BCUT2D eigenvalue weighted by Gasteiger charge is -2.17. The second kappa shape index (κ2) is 5.55. The maximum Gasteiger partial charge on any atom is 0.227 e. The summed E-state index contributed by atoms with van der Waals surface area (Å²) in [5.41, 5.74) is 1.63. The van der Waals surface area contributed by atoms with Gasteiger partial charge in [0.05, 0.1) is 0 Å². The zero-order valence-corrected chi connectivity index (χ0v) is 11.8. The summed E-state index contributed by atoms with van der Waals surface area (Å²) in [6.07, 6.45) is 1.55. The SMILES string of the molecule is CC(C)C(C)C(=O)c1ccc(N2CCCC2=O)cc1. The molecule has 0 aromatic heterocycles. The van der Waals surface area contributed by atoms with Crippen LogP contribution in [-0.4, -0.2) is 18.2 Å². The smallest absolute Gasteiger partial charge is 0.227 e. The van der Waals surface area contributed by atoms with E-state index in [-0.39, 0.29) is 17.6 Å². The summed E-state index contributed by atoms with van der Waals surface area (Å²) in [5.74, 6) is 0.718. The number of hydrogen-bond acceptors (Lipinski definition) is 2. The monoisotopic (exact) mass is 259 g/mol. The summed E-state index contributed by atoms with van der Waals surface area (Å²) < 4.78 is 0. The molecular weight excluding hydrogens is 238 g/mol. The molecule has 2 rings (SSSR count). The Morgan fingerprint density at radius 2 is 1.79 bits per heavy atom. The van der Waals surface area contributed by atoms with Gasteiger partial charge < -0.3 is 4.90 Å². The van der Waals surface area contributed by atoms with Crippen molar-refractivity contribution in [2.24, 2.45) is 11.8 Å².